The Kier molecular flexibility index (Phi) is 3.65. The smallest absolute Gasteiger partial charge is 0.195 e. The molecule has 0 aromatic heterocycles. The zero-order chi connectivity index (χ0) is 12.6. The van der Waals surface area contributed by atoms with Crippen LogP contribution >= 0.6 is 0 Å². The van der Waals surface area contributed by atoms with Gasteiger partial charge < -0.3 is 0 Å². The van der Waals surface area contributed by atoms with Crippen molar-refractivity contribution in [3.8, 4) is 0 Å². The minimum absolute atomic E-state index is 0.289. The van der Waals surface area contributed by atoms with Crippen molar-refractivity contribution in [1.82, 2.24) is 8.61 Å². The summed E-state index contributed by atoms with van der Waals surface area (Å²) in [7, 11) is -3.17. The van der Waals surface area contributed by atoms with Crippen LogP contribution in [0.25, 0.3) is 0 Å². The predicted octanol–water partition coefficient (Wildman–Crippen LogP) is 2.12. The molecule has 1 saturated heterocycles. The predicted molar refractivity (Wildman–Crippen MR) is 71.5 cm³/mol. The Morgan fingerprint density at radius 1 is 0.778 bits per heavy atom. The first-order valence-corrected chi connectivity index (χ1v) is 8.88. The molecular formula is C13H24N2O2S. The van der Waals surface area contributed by atoms with Crippen LogP contribution in [0.2, 0.25) is 0 Å². The average Bonchev–Trinajstić information content (AvgIpc) is 3.02. The summed E-state index contributed by atoms with van der Waals surface area (Å²) in [6.07, 6.45) is 10.0. The molecule has 18 heavy (non-hydrogen) atoms. The summed E-state index contributed by atoms with van der Waals surface area (Å²) in [5.41, 5.74) is 0. The van der Waals surface area contributed by atoms with Gasteiger partial charge in [0, 0.05) is 25.2 Å². The van der Waals surface area contributed by atoms with Crippen LogP contribution in [0.1, 0.15) is 57.8 Å². The Bertz CT molecular complexity index is 380. The van der Waals surface area contributed by atoms with E-state index in [0.29, 0.717) is 6.04 Å². The summed E-state index contributed by atoms with van der Waals surface area (Å²) in [6.45, 7) is 1.47. The van der Waals surface area contributed by atoms with Crippen molar-refractivity contribution in [1.29, 1.82) is 0 Å². The molecule has 0 atom stereocenters. The van der Waals surface area contributed by atoms with Crippen LogP contribution in [-0.4, -0.2) is 42.2 Å². The Morgan fingerprint density at radius 3 is 1.89 bits per heavy atom. The van der Waals surface area contributed by atoms with Crippen molar-refractivity contribution in [2.75, 3.05) is 13.1 Å². The van der Waals surface area contributed by atoms with Gasteiger partial charge in [0.2, 0.25) is 0 Å². The van der Waals surface area contributed by atoms with E-state index in [1.54, 1.807) is 4.31 Å². The van der Waals surface area contributed by atoms with E-state index in [1.165, 1.54) is 19.3 Å². The molecular weight excluding hydrogens is 248 g/mol. The fourth-order valence-corrected chi connectivity index (χ4v) is 5.55. The van der Waals surface area contributed by atoms with Crippen molar-refractivity contribution >= 4 is 10.2 Å². The molecule has 1 aliphatic heterocycles. The fraction of sp³-hybridized carbons (Fsp3) is 1.00. The molecule has 1 heterocycles. The van der Waals surface area contributed by atoms with Crippen molar-refractivity contribution in [3.05, 3.63) is 0 Å². The van der Waals surface area contributed by atoms with E-state index in [-0.39, 0.29) is 6.04 Å². The summed E-state index contributed by atoms with van der Waals surface area (Å²) >= 11 is 0. The number of rotatable bonds is 4. The maximum Gasteiger partial charge on any atom is 0.282 e. The first-order valence-electron chi connectivity index (χ1n) is 7.48. The topological polar surface area (TPSA) is 40.6 Å². The number of hydrogen-bond donors (Lipinski definition) is 0. The lowest BCUT2D eigenvalue weighted by Crippen LogP contribution is -2.49. The van der Waals surface area contributed by atoms with Gasteiger partial charge in [-0.05, 0) is 38.5 Å². The second kappa shape index (κ2) is 5.10. The minimum atomic E-state index is -3.17. The van der Waals surface area contributed by atoms with Crippen LogP contribution < -0.4 is 0 Å². The van der Waals surface area contributed by atoms with Gasteiger partial charge in [-0.2, -0.15) is 17.0 Å². The van der Waals surface area contributed by atoms with Crippen LogP contribution in [0.5, 0.6) is 0 Å². The molecule has 104 valence electrons. The zero-order valence-electron chi connectivity index (χ0n) is 11.1. The molecule has 0 radical (unpaired) electrons. The van der Waals surface area contributed by atoms with Gasteiger partial charge in [0.05, 0.1) is 0 Å². The molecule has 5 heteroatoms. The van der Waals surface area contributed by atoms with E-state index >= 15 is 0 Å². The SMILES string of the molecule is O=S(=O)(N1CCCC1)N(C1CCCCC1)C1CC1. The summed E-state index contributed by atoms with van der Waals surface area (Å²) < 4.78 is 29.2. The first-order chi connectivity index (χ1) is 8.69. The molecule has 4 nitrogen and oxygen atoms in total. The van der Waals surface area contributed by atoms with Gasteiger partial charge >= 0.3 is 0 Å². The zero-order valence-corrected chi connectivity index (χ0v) is 11.9. The summed E-state index contributed by atoms with van der Waals surface area (Å²) in [5.74, 6) is 0. The summed E-state index contributed by atoms with van der Waals surface area (Å²) in [5, 5.41) is 0. The largest absolute Gasteiger partial charge is 0.282 e. The van der Waals surface area contributed by atoms with Gasteiger partial charge in [-0.3, -0.25) is 0 Å². The third-order valence-corrected chi connectivity index (χ3v) is 6.65. The van der Waals surface area contributed by atoms with Gasteiger partial charge in [-0.15, -0.1) is 0 Å². The molecule has 0 unspecified atom stereocenters. The Morgan fingerprint density at radius 2 is 1.33 bits per heavy atom. The van der Waals surface area contributed by atoms with Crippen molar-refractivity contribution < 1.29 is 8.42 Å². The Labute approximate surface area is 111 Å². The highest BCUT2D eigenvalue weighted by molar-refractivity contribution is 7.86. The molecule has 3 rings (SSSR count). The van der Waals surface area contributed by atoms with Gasteiger partial charge in [0.1, 0.15) is 0 Å². The van der Waals surface area contributed by atoms with E-state index in [1.807, 2.05) is 4.31 Å². The summed E-state index contributed by atoms with van der Waals surface area (Å²) in [6, 6.07) is 0.607. The molecule has 3 fully saturated rings. The van der Waals surface area contributed by atoms with Crippen molar-refractivity contribution in [2.45, 2.75) is 69.9 Å². The van der Waals surface area contributed by atoms with E-state index in [4.69, 9.17) is 0 Å². The van der Waals surface area contributed by atoms with Crippen LogP contribution in [-0.2, 0) is 10.2 Å². The standard InChI is InChI=1S/C13H24N2O2S/c16-18(17,14-10-4-5-11-14)15(13-8-9-13)12-6-2-1-3-7-12/h12-13H,1-11H2. The molecule has 0 aromatic carbocycles. The molecule has 0 spiro atoms. The van der Waals surface area contributed by atoms with Crippen molar-refractivity contribution in [2.24, 2.45) is 0 Å². The van der Waals surface area contributed by atoms with Crippen LogP contribution in [0.15, 0.2) is 0 Å². The molecule has 0 N–H and O–H groups in total. The van der Waals surface area contributed by atoms with Crippen LogP contribution in [0.4, 0.5) is 0 Å². The maximum absolute atomic E-state index is 12.8. The van der Waals surface area contributed by atoms with Gasteiger partial charge in [0.25, 0.3) is 10.2 Å². The quantitative estimate of drug-likeness (QED) is 0.786. The van der Waals surface area contributed by atoms with E-state index in [9.17, 15) is 8.42 Å². The first kappa shape index (κ1) is 12.9. The van der Waals surface area contributed by atoms with Gasteiger partial charge in [-0.1, -0.05) is 19.3 Å². The second-order valence-corrected chi connectivity index (χ2v) is 7.80. The Balaban J connectivity index is 1.79. The van der Waals surface area contributed by atoms with Crippen LogP contribution in [0, 0.1) is 0 Å². The van der Waals surface area contributed by atoms with Gasteiger partial charge in [0.15, 0.2) is 0 Å². The lowest BCUT2D eigenvalue weighted by molar-refractivity contribution is 0.232. The maximum atomic E-state index is 12.8. The highest BCUT2D eigenvalue weighted by Crippen LogP contribution is 2.37. The van der Waals surface area contributed by atoms with E-state index in [0.717, 1.165) is 51.6 Å². The monoisotopic (exact) mass is 272 g/mol. The van der Waals surface area contributed by atoms with E-state index in [2.05, 4.69) is 0 Å². The Hall–Kier alpha value is -0.130. The molecule has 0 bridgehead atoms. The molecule has 3 aliphatic rings. The van der Waals surface area contributed by atoms with E-state index < -0.39 is 10.2 Å². The number of nitrogens with zero attached hydrogens (tertiary/aromatic N) is 2. The highest BCUT2D eigenvalue weighted by atomic mass is 32.2. The van der Waals surface area contributed by atoms with Crippen LogP contribution in [0.3, 0.4) is 0 Å². The summed E-state index contributed by atoms with van der Waals surface area (Å²) in [4.78, 5) is 0. The molecule has 0 amide bonds. The third kappa shape index (κ3) is 2.45. The van der Waals surface area contributed by atoms with Gasteiger partial charge in [-0.25, -0.2) is 0 Å². The third-order valence-electron chi connectivity index (χ3n) is 4.50. The lowest BCUT2D eigenvalue weighted by Gasteiger charge is -2.36. The minimum Gasteiger partial charge on any atom is -0.195 e. The fourth-order valence-electron chi connectivity index (χ4n) is 3.39. The second-order valence-electron chi connectivity index (χ2n) is 5.97. The molecule has 2 aliphatic carbocycles. The number of hydrogen-bond acceptors (Lipinski definition) is 2. The molecule has 2 saturated carbocycles. The van der Waals surface area contributed by atoms with Crippen molar-refractivity contribution in [3.63, 3.8) is 0 Å². The average molecular weight is 272 g/mol. The highest BCUT2D eigenvalue weighted by Gasteiger charge is 2.44. The molecule has 0 aromatic rings. The lowest BCUT2D eigenvalue weighted by atomic mass is 9.95. The normalized spacial score (nSPS) is 28.1.